The first-order valence-electron chi connectivity index (χ1n) is 6.56. The first-order valence-corrected chi connectivity index (χ1v) is 6.56. The summed E-state index contributed by atoms with van der Waals surface area (Å²) in [5, 5.41) is 12.0. The van der Waals surface area contributed by atoms with Gasteiger partial charge in [-0.3, -0.25) is 0 Å². The number of pyridine rings is 1. The normalized spacial score (nSPS) is 12.0. The lowest BCUT2D eigenvalue weighted by atomic mass is 10.0. The molecule has 6 heteroatoms. The summed E-state index contributed by atoms with van der Waals surface area (Å²) in [4.78, 5) is 26.6. The highest BCUT2D eigenvalue weighted by Gasteiger charge is 2.19. The predicted octanol–water partition coefficient (Wildman–Crippen LogP) is 2.17. The maximum absolute atomic E-state index is 11.5. The summed E-state index contributed by atoms with van der Waals surface area (Å²) in [5.41, 5.74) is 0.341. The number of carbonyl (C=O) groups is 2. The van der Waals surface area contributed by atoms with Crippen LogP contribution in [0.2, 0.25) is 0 Å². The Hall–Kier alpha value is -2.11. The summed E-state index contributed by atoms with van der Waals surface area (Å²) in [5.74, 6) is -0.688. The van der Waals surface area contributed by atoms with Crippen molar-refractivity contribution in [1.29, 1.82) is 0 Å². The molecule has 1 rings (SSSR count). The summed E-state index contributed by atoms with van der Waals surface area (Å²) in [6, 6.07) is 2.43. The van der Waals surface area contributed by atoms with Crippen LogP contribution in [-0.4, -0.2) is 34.7 Å². The molecule has 1 atom stereocenters. The van der Waals surface area contributed by atoms with Gasteiger partial charge in [-0.2, -0.15) is 0 Å². The van der Waals surface area contributed by atoms with Gasteiger partial charge in [-0.1, -0.05) is 13.8 Å². The van der Waals surface area contributed by atoms with Crippen LogP contribution >= 0.6 is 0 Å². The maximum atomic E-state index is 11.5. The van der Waals surface area contributed by atoms with E-state index in [-0.39, 0.29) is 5.92 Å². The lowest BCUT2D eigenvalue weighted by Crippen LogP contribution is -2.31. The van der Waals surface area contributed by atoms with Crippen LogP contribution in [0, 0.1) is 5.92 Å². The third-order valence-electron chi connectivity index (χ3n) is 2.60. The molecule has 0 aromatic carbocycles. The average molecular weight is 280 g/mol. The van der Waals surface area contributed by atoms with Gasteiger partial charge < -0.3 is 15.2 Å². The Morgan fingerprint density at radius 2 is 2.10 bits per heavy atom. The number of anilines is 1. The van der Waals surface area contributed by atoms with Crippen LogP contribution < -0.4 is 5.32 Å². The zero-order valence-electron chi connectivity index (χ0n) is 11.9. The maximum Gasteiger partial charge on any atom is 0.339 e. The number of carboxylic acids is 1. The van der Waals surface area contributed by atoms with Gasteiger partial charge in [0.05, 0.1) is 12.2 Å². The number of ether oxygens (including phenoxy) is 1. The molecule has 6 nitrogen and oxygen atoms in total. The first kappa shape index (κ1) is 15.9. The molecule has 0 fully saturated rings. The van der Waals surface area contributed by atoms with Gasteiger partial charge in [0.2, 0.25) is 0 Å². The number of carbonyl (C=O) groups excluding carboxylic acids is 1. The van der Waals surface area contributed by atoms with Crippen molar-refractivity contribution < 1.29 is 19.4 Å². The van der Waals surface area contributed by atoms with E-state index in [1.807, 2.05) is 13.8 Å². The number of nitrogens with one attached hydrogen (secondary N) is 1. The summed E-state index contributed by atoms with van der Waals surface area (Å²) < 4.78 is 4.85. The Labute approximate surface area is 118 Å². The number of aromatic nitrogens is 1. The second-order valence-electron chi connectivity index (χ2n) is 4.82. The van der Waals surface area contributed by atoms with Gasteiger partial charge in [0.15, 0.2) is 0 Å². The van der Waals surface area contributed by atoms with E-state index >= 15 is 0 Å². The summed E-state index contributed by atoms with van der Waals surface area (Å²) in [6.45, 7) is 5.93. The van der Waals surface area contributed by atoms with Gasteiger partial charge in [-0.25, -0.2) is 14.6 Å². The number of hydrogen-bond acceptors (Lipinski definition) is 5. The highest BCUT2D eigenvalue weighted by molar-refractivity contribution is 5.89. The fraction of sp³-hybridized carbons (Fsp3) is 0.500. The van der Waals surface area contributed by atoms with Crippen LogP contribution in [-0.2, 0) is 9.53 Å². The fourth-order valence-electron chi connectivity index (χ4n) is 1.69. The highest BCUT2D eigenvalue weighted by Crippen LogP contribution is 2.12. The van der Waals surface area contributed by atoms with Crippen LogP contribution in [0.5, 0.6) is 0 Å². The van der Waals surface area contributed by atoms with E-state index in [0.717, 1.165) is 0 Å². The van der Waals surface area contributed by atoms with Gasteiger partial charge >= 0.3 is 11.9 Å². The van der Waals surface area contributed by atoms with Crippen LogP contribution in [0.4, 0.5) is 5.82 Å². The lowest BCUT2D eigenvalue weighted by molar-refractivity contribution is -0.138. The van der Waals surface area contributed by atoms with Crippen molar-refractivity contribution in [1.82, 2.24) is 4.98 Å². The van der Waals surface area contributed by atoms with E-state index < -0.39 is 18.0 Å². The van der Waals surface area contributed by atoms with Crippen molar-refractivity contribution in [2.75, 3.05) is 11.9 Å². The predicted molar refractivity (Wildman–Crippen MR) is 74.7 cm³/mol. The molecule has 1 unspecified atom stereocenters. The molecule has 0 amide bonds. The van der Waals surface area contributed by atoms with Crippen LogP contribution in [0.15, 0.2) is 18.3 Å². The second-order valence-corrected chi connectivity index (χ2v) is 4.82. The van der Waals surface area contributed by atoms with Crippen molar-refractivity contribution >= 4 is 17.8 Å². The highest BCUT2D eigenvalue weighted by atomic mass is 16.5. The van der Waals surface area contributed by atoms with Gasteiger partial charge in [0, 0.05) is 6.20 Å². The Morgan fingerprint density at radius 1 is 1.40 bits per heavy atom. The zero-order valence-corrected chi connectivity index (χ0v) is 11.9. The average Bonchev–Trinajstić information content (AvgIpc) is 2.38. The first-order chi connectivity index (χ1) is 9.43. The molecule has 0 aliphatic carbocycles. The molecule has 0 aliphatic rings. The Bertz CT molecular complexity index is 457. The van der Waals surface area contributed by atoms with E-state index in [2.05, 4.69) is 10.3 Å². The number of aliphatic carboxylic acids is 1. The molecule has 1 aromatic heterocycles. The van der Waals surface area contributed by atoms with Crippen LogP contribution in [0.25, 0.3) is 0 Å². The molecule has 1 aromatic rings. The van der Waals surface area contributed by atoms with E-state index in [1.165, 1.54) is 6.20 Å². The van der Waals surface area contributed by atoms with E-state index in [1.54, 1.807) is 19.1 Å². The van der Waals surface area contributed by atoms with Crippen LogP contribution in [0.3, 0.4) is 0 Å². The third kappa shape index (κ3) is 4.87. The quantitative estimate of drug-likeness (QED) is 0.744. The molecule has 2 N–H and O–H groups in total. The minimum Gasteiger partial charge on any atom is -0.480 e. The van der Waals surface area contributed by atoms with Crippen molar-refractivity contribution in [3.63, 3.8) is 0 Å². The lowest BCUT2D eigenvalue weighted by Gasteiger charge is -2.17. The molecule has 0 radical (unpaired) electrons. The molecule has 20 heavy (non-hydrogen) atoms. The third-order valence-corrected chi connectivity index (χ3v) is 2.60. The minimum atomic E-state index is -0.921. The number of rotatable bonds is 7. The molecule has 0 bridgehead atoms. The number of carboxylic acid groups (broad SMARTS) is 1. The minimum absolute atomic E-state index is 0.252. The SMILES string of the molecule is CCOC(=O)c1ccc(NC(CC(C)C)C(=O)O)nc1. The molecule has 0 saturated carbocycles. The van der Waals surface area contributed by atoms with E-state index in [9.17, 15) is 9.59 Å². The second kappa shape index (κ2) is 7.47. The zero-order chi connectivity index (χ0) is 15.1. The van der Waals surface area contributed by atoms with Crippen molar-refractivity contribution in [2.24, 2.45) is 5.92 Å². The van der Waals surface area contributed by atoms with E-state index in [4.69, 9.17) is 9.84 Å². The standard InChI is InChI=1S/C14H20N2O4/c1-4-20-14(19)10-5-6-12(15-8-10)16-11(13(17)18)7-9(2)3/h5-6,8-9,11H,4,7H2,1-3H3,(H,15,16)(H,17,18). The molecule has 1 heterocycles. The molecule has 0 spiro atoms. The van der Waals surface area contributed by atoms with Gasteiger partial charge in [-0.15, -0.1) is 0 Å². The van der Waals surface area contributed by atoms with Crippen molar-refractivity contribution in [2.45, 2.75) is 33.2 Å². The Kier molecular flexibility index (Phi) is 5.96. The molecular weight excluding hydrogens is 260 g/mol. The fourth-order valence-corrected chi connectivity index (χ4v) is 1.69. The summed E-state index contributed by atoms with van der Waals surface area (Å²) >= 11 is 0. The smallest absolute Gasteiger partial charge is 0.339 e. The molecule has 0 saturated heterocycles. The molecule has 0 aliphatic heterocycles. The Morgan fingerprint density at radius 3 is 2.55 bits per heavy atom. The van der Waals surface area contributed by atoms with Crippen molar-refractivity contribution in [3.05, 3.63) is 23.9 Å². The number of esters is 1. The Balaban J connectivity index is 2.72. The van der Waals surface area contributed by atoms with Crippen molar-refractivity contribution in [3.8, 4) is 0 Å². The van der Waals surface area contributed by atoms with Gasteiger partial charge in [-0.05, 0) is 31.4 Å². The molecular formula is C14H20N2O4. The molecule has 110 valence electrons. The summed E-state index contributed by atoms with van der Waals surface area (Å²) in [6.07, 6.45) is 1.87. The van der Waals surface area contributed by atoms with E-state index in [0.29, 0.717) is 24.4 Å². The largest absolute Gasteiger partial charge is 0.480 e. The number of hydrogen-bond donors (Lipinski definition) is 2. The monoisotopic (exact) mass is 280 g/mol. The summed E-state index contributed by atoms with van der Waals surface area (Å²) in [7, 11) is 0. The topological polar surface area (TPSA) is 88.5 Å². The van der Waals surface area contributed by atoms with Crippen LogP contribution in [0.1, 0.15) is 37.6 Å². The van der Waals surface area contributed by atoms with Gasteiger partial charge in [0.25, 0.3) is 0 Å². The number of nitrogens with zero attached hydrogens (tertiary/aromatic N) is 1. The van der Waals surface area contributed by atoms with Gasteiger partial charge in [0.1, 0.15) is 11.9 Å².